The van der Waals surface area contributed by atoms with Gasteiger partial charge in [0.1, 0.15) is 24.9 Å². The molecule has 0 saturated carbocycles. The number of fused-ring (bicyclic) bond motifs is 1. The van der Waals surface area contributed by atoms with E-state index in [0.717, 1.165) is 4.88 Å². The smallest absolute Gasteiger partial charge is 0.267 e. The third-order valence-electron chi connectivity index (χ3n) is 4.15. The van der Waals surface area contributed by atoms with Gasteiger partial charge in [-0.25, -0.2) is 4.68 Å². The van der Waals surface area contributed by atoms with Gasteiger partial charge in [0, 0.05) is 17.8 Å². The monoisotopic (exact) mass is 383 g/mol. The molecule has 0 bridgehead atoms. The zero-order valence-electron chi connectivity index (χ0n) is 14.5. The average Bonchev–Trinajstić information content (AvgIpc) is 3.22. The van der Waals surface area contributed by atoms with Crippen molar-refractivity contribution in [2.45, 2.75) is 13.0 Å². The number of carbonyl (C=O) groups excluding carboxylic acids is 1. The zero-order valence-corrected chi connectivity index (χ0v) is 15.4. The molecule has 1 N–H and O–H groups in total. The normalized spacial score (nSPS) is 13.8. The Balaban J connectivity index is 1.56. The maximum absolute atomic E-state index is 12.7. The Labute approximate surface area is 159 Å². The van der Waals surface area contributed by atoms with Crippen LogP contribution < -0.4 is 20.3 Å². The second-order valence-corrected chi connectivity index (χ2v) is 6.95. The molecule has 1 aromatic carbocycles. The summed E-state index contributed by atoms with van der Waals surface area (Å²) in [6, 6.07) is 11.3. The molecule has 27 heavy (non-hydrogen) atoms. The van der Waals surface area contributed by atoms with E-state index in [9.17, 15) is 9.59 Å². The quantitative estimate of drug-likeness (QED) is 0.749. The number of nitrogens with one attached hydrogen (secondary N) is 1. The van der Waals surface area contributed by atoms with Gasteiger partial charge in [0.2, 0.25) is 5.91 Å². The Morgan fingerprint density at radius 1 is 1.19 bits per heavy atom. The lowest BCUT2D eigenvalue weighted by Gasteiger charge is -2.19. The molecule has 1 amide bonds. The number of nitrogens with zero attached hydrogens (tertiary/aromatic N) is 2. The Morgan fingerprint density at radius 2 is 2.00 bits per heavy atom. The molecule has 3 heterocycles. The lowest BCUT2D eigenvalue weighted by Crippen LogP contribution is -2.33. The minimum absolute atomic E-state index is 0.333. The molecule has 7 nitrogen and oxygen atoms in total. The van der Waals surface area contributed by atoms with Crippen LogP contribution in [0.5, 0.6) is 11.5 Å². The largest absolute Gasteiger partial charge is 0.486 e. The number of ether oxygens (including phenoxy) is 2. The molecular formula is C19H17N3O4S. The van der Waals surface area contributed by atoms with Crippen LogP contribution in [0.3, 0.4) is 0 Å². The minimum atomic E-state index is -0.773. The van der Waals surface area contributed by atoms with Gasteiger partial charge >= 0.3 is 0 Å². The van der Waals surface area contributed by atoms with Crippen LogP contribution in [0.2, 0.25) is 0 Å². The molecule has 1 aliphatic rings. The summed E-state index contributed by atoms with van der Waals surface area (Å²) in [5.74, 6) is 0.889. The lowest BCUT2D eigenvalue weighted by molar-refractivity contribution is -0.119. The SMILES string of the molecule is C[C@H](C(=O)Nc1ccc2c(c1)OCCO2)n1nc(-c2cccs2)ccc1=O. The van der Waals surface area contributed by atoms with Crippen LogP contribution in [-0.2, 0) is 4.79 Å². The van der Waals surface area contributed by atoms with Gasteiger partial charge in [0.25, 0.3) is 5.56 Å². The van der Waals surface area contributed by atoms with Crippen molar-refractivity contribution in [2.75, 3.05) is 18.5 Å². The fourth-order valence-corrected chi connectivity index (χ4v) is 3.43. The van der Waals surface area contributed by atoms with Gasteiger partial charge in [-0.3, -0.25) is 9.59 Å². The Morgan fingerprint density at radius 3 is 2.78 bits per heavy atom. The van der Waals surface area contributed by atoms with Crippen molar-refractivity contribution < 1.29 is 14.3 Å². The zero-order chi connectivity index (χ0) is 18.8. The maximum atomic E-state index is 12.7. The second kappa shape index (κ2) is 7.24. The number of amides is 1. The van der Waals surface area contributed by atoms with Crippen molar-refractivity contribution in [1.82, 2.24) is 9.78 Å². The summed E-state index contributed by atoms with van der Waals surface area (Å²) in [5.41, 5.74) is 0.891. The fourth-order valence-electron chi connectivity index (χ4n) is 2.74. The first-order valence-corrected chi connectivity index (χ1v) is 9.34. The summed E-state index contributed by atoms with van der Waals surface area (Å²) in [7, 11) is 0. The predicted octanol–water partition coefficient (Wildman–Crippen LogP) is 2.94. The minimum Gasteiger partial charge on any atom is -0.486 e. The Kier molecular flexibility index (Phi) is 4.64. The van der Waals surface area contributed by atoms with Crippen LogP contribution >= 0.6 is 11.3 Å². The van der Waals surface area contributed by atoms with E-state index < -0.39 is 6.04 Å². The first-order chi connectivity index (χ1) is 13.1. The van der Waals surface area contributed by atoms with E-state index in [0.29, 0.717) is 36.1 Å². The van der Waals surface area contributed by atoms with Crippen molar-refractivity contribution in [3.8, 4) is 22.1 Å². The highest BCUT2D eigenvalue weighted by Gasteiger charge is 2.20. The number of hydrogen-bond acceptors (Lipinski definition) is 6. The topological polar surface area (TPSA) is 82.4 Å². The molecule has 2 aromatic heterocycles. The van der Waals surface area contributed by atoms with E-state index >= 15 is 0 Å². The number of rotatable bonds is 4. The molecule has 8 heteroatoms. The summed E-state index contributed by atoms with van der Waals surface area (Å²) >= 11 is 1.52. The molecule has 1 atom stereocenters. The number of anilines is 1. The van der Waals surface area contributed by atoms with Crippen LogP contribution in [0.25, 0.3) is 10.6 Å². The molecule has 0 fully saturated rings. The van der Waals surface area contributed by atoms with Crippen LogP contribution in [0, 0.1) is 0 Å². The van der Waals surface area contributed by atoms with Gasteiger partial charge in [-0.2, -0.15) is 5.10 Å². The van der Waals surface area contributed by atoms with Crippen molar-refractivity contribution in [1.29, 1.82) is 0 Å². The summed E-state index contributed by atoms with van der Waals surface area (Å²) in [5, 5.41) is 9.09. The second-order valence-electron chi connectivity index (χ2n) is 6.00. The van der Waals surface area contributed by atoms with Gasteiger partial charge in [-0.05, 0) is 36.6 Å². The highest BCUT2D eigenvalue weighted by Crippen LogP contribution is 2.32. The third kappa shape index (κ3) is 3.56. The Hall–Kier alpha value is -3.13. The molecule has 0 radical (unpaired) electrons. The number of hydrogen-bond donors (Lipinski definition) is 1. The molecule has 0 aliphatic carbocycles. The van der Waals surface area contributed by atoms with Crippen molar-refractivity contribution >= 4 is 22.9 Å². The van der Waals surface area contributed by atoms with Gasteiger partial charge in [0.05, 0.1) is 4.88 Å². The highest BCUT2D eigenvalue weighted by atomic mass is 32.1. The van der Waals surface area contributed by atoms with Crippen molar-refractivity contribution in [2.24, 2.45) is 0 Å². The van der Waals surface area contributed by atoms with Crippen LogP contribution in [0.15, 0.2) is 52.6 Å². The predicted molar refractivity (Wildman–Crippen MR) is 103 cm³/mol. The van der Waals surface area contributed by atoms with Crippen molar-refractivity contribution in [3.63, 3.8) is 0 Å². The van der Waals surface area contributed by atoms with Gasteiger partial charge in [-0.1, -0.05) is 6.07 Å². The Bertz CT molecular complexity index is 1030. The third-order valence-corrected chi connectivity index (χ3v) is 5.05. The van der Waals surface area contributed by atoms with E-state index in [1.807, 2.05) is 17.5 Å². The molecule has 0 spiro atoms. The maximum Gasteiger partial charge on any atom is 0.267 e. The average molecular weight is 383 g/mol. The number of aromatic nitrogens is 2. The molecule has 138 valence electrons. The van der Waals surface area contributed by atoms with Gasteiger partial charge < -0.3 is 14.8 Å². The number of carbonyl (C=O) groups is 1. The number of benzene rings is 1. The van der Waals surface area contributed by atoms with E-state index in [4.69, 9.17) is 9.47 Å². The van der Waals surface area contributed by atoms with Crippen LogP contribution in [0.1, 0.15) is 13.0 Å². The summed E-state index contributed by atoms with van der Waals surface area (Å²) in [6.45, 7) is 2.61. The first kappa shape index (κ1) is 17.3. The molecule has 3 aromatic rings. The standard InChI is InChI=1S/C19H17N3O4S/c1-12(22-18(23)7-5-14(21-22)17-3-2-10-27-17)19(24)20-13-4-6-15-16(11-13)26-9-8-25-15/h2-7,10-12H,8-9H2,1H3,(H,20,24)/t12-/m1/s1. The fraction of sp³-hybridized carbons (Fsp3) is 0.211. The first-order valence-electron chi connectivity index (χ1n) is 8.46. The summed E-state index contributed by atoms with van der Waals surface area (Å²) in [6.07, 6.45) is 0. The van der Waals surface area contributed by atoms with Gasteiger partial charge in [0.15, 0.2) is 11.5 Å². The number of thiophene rings is 1. The summed E-state index contributed by atoms with van der Waals surface area (Å²) < 4.78 is 12.2. The summed E-state index contributed by atoms with van der Waals surface area (Å²) in [4.78, 5) is 25.8. The van der Waals surface area contributed by atoms with Gasteiger partial charge in [-0.15, -0.1) is 11.3 Å². The van der Waals surface area contributed by atoms with E-state index in [-0.39, 0.29) is 11.5 Å². The molecule has 0 unspecified atom stereocenters. The highest BCUT2D eigenvalue weighted by molar-refractivity contribution is 7.13. The molecule has 4 rings (SSSR count). The molecule has 1 aliphatic heterocycles. The van der Waals surface area contributed by atoms with E-state index in [2.05, 4.69) is 10.4 Å². The molecular weight excluding hydrogens is 366 g/mol. The van der Waals surface area contributed by atoms with Crippen LogP contribution in [0.4, 0.5) is 5.69 Å². The van der Waals surface area contributed by atoms with E-state index in [1.165, 1.54) is 22.1 Å². The van der Waals surface area contributed by atoms with E-state index in [1.54, 1.807) is 31.2 Å². The van der Waals surface area contributed by atoms with Crippen molar-refractivity contribution in [3.05, 3.63) is 58.2 Å². The van der Waals surface area contributed by atoms with Crippen LogP contribution in [-0.4, -0.2) is 28.9 Å². The lowest BCUT2D eigenvalue weighted by atomic mass is 10.2. The molecule has 0 saturated heterocycles.